The Kier molecular flexibility index (Phi) is 5.00. The van der Waals surface area contributed by atoms with Crippen LogP contribution in [0.5, 0.6) is 0 Å². The molecule has 4 aromatic rings. The van der Waals surface area contributed by atoms with Gasteiger partial charge in [-0.15, -0.1) is 11.3 Å². The number of fused-ring (bicyclic) bond motifs is 4. The fourth-order valence-corrected chi connectivity index (χ4v) is 9.44. The van der Waals surface area contributed by atoms with Gasteiger partial charge < -0.3 is 9.72 Å². The third kappa shape index (κ3) is 3.29. The minimum Gasteiger partial charge on any atom is -0.380 e. The van der Waals surface area contributed by atoms with Crippen LogP contribution in [0.25, 0.3) is 27.1 Å². The van der Waals surface area contributed by atoms with Crippen molar-refractivity contribution in [3.63, 3.8) is 0 Å². The van der Waals surface area contributed by atoms with E-state index in [-0.39, 0.29) is 0 Å². The quantitative estimate of drug-likeness (QED) is 0.351. The van der Waals surface area contributed by atoms with Gasteiger partial charge in [0, 0.05) is 52.1 Å². The summed E-state index contributed by atoms with van der Waals surface area (Å²) >= 11 is 2.04. The Bertz CT molecular complexity index is 1510. The monoisotopic (exact) mass is 515 g/mol. The molecule has 1 saturated carbocycles. The van der Waals surface area contributed by atoms with E-state index in [2.05, 4.69) is 46.9 Å². The second-order valence-corrected chi connectivity index (χ2v) is 13.7. The van der Waals surface area contributed by atoms with Crippen LogP contribution in [0.1, 0.15) is 84.9 Å². The number of pyridine rings is 1. The van der Waals surface area contributed by atoms with E-state index in [1.165, 1.54) is 88.9 Å². The van der Waals surface area contributed by atoms with E-state index >= 15 is 0 Å². The average Bonchev–Trinajstić information content (AvgIpc) is 3.61. The molecular formula is C30H37N5OS. The highest BCUT2D eigenvalue weighted by atomic mass is 32.1. The first kappa shape index (κ1) is 22.7. The number of rotatable bonds is 4. The lowest BCUT2D eigenvalue weighted by molar-refractivity contribution is -0.200. The zero-order valence-corrected chi connectivity index (χ0v) is 23.1. The van der Waals surface area contributed by atoms with Gasteiger partial charge in [-0.25, -0.2) is 9.50 Å². The molecule has 0 aromatic carbocycles. The van der Waals surface area contributed by atoms with Gasteiger partial charge >= 0.3 is 0 Å². The zero-order valence-electron chi connectivity index (χ0n) is 22.3. The fourth-order valence-electron chi connectivity index (χ4n) is 8.04. The molecule has 0 atom stereocenters. The van der Waals surface area contributed by atoms with E-state index < -0.39 is 0 Å². The lowest BCUT2D eigenvalue weighted by atomic mass is 9.74. The van der Waals surface area contributed by atoms with Gasteiger partial charge in [0.2, 0.25) is 0 Å². The molecule has 2 aliphatic heterocycles. The summed E-state index contributed by atoms with van der Waals surface area (Å²) in [6, 6.07) is 0.791. The van der Waals surface area contributed by atoms with E-state index in [1.54, 1.807) is 11.2 Å². The number of aromatic amines is 1. The number of ether oxygens (including phenoxy) is 1. The van der Waals surface area contributed by atoms with Gasteiger partial charge in [-0.1, -0.05) is 13.8 Å². The number of nitrogens with one attached hydrogen (secondary N) is 1. The second-order valence-electron chi connectivity index (χ2n) is 12.6. The summed E-state index contributed by atoms with van der Waals surface area (Å²) in [7, 11) is 0. The summed E-state index contributed by atoms with van der Waals surface area (Å²) in [5, 5.41) is 6.01. The molecule has 0 amide bonds. The van der Waals surface area contributed by atoms with Gasteiger partial charge in [-0.2, -0.15) is 5.10 Å². The lowest BCUT2D eigenvalue weighted by Gasteiger charge is -2.58. The molecule has 4 aromatic heterocycles. The molecule has 37 heavy (non-hydrogen) atoms. The molecule has 0 bridgehead atoms. The molecule has 1 spiro atoms. The van der Waals surface area contributed by atoms with Crippen molar-refractivity contribution in [1.82, 2.24) is 24.5 Å². The Hall–Kier alpha value is -2.22. The highest BCUT2D eigenvalue weighted by Crippen LogP contribution is 2.49. The minimum atomic E-state index is 0.457. The Morgan fingerprint density at radius 2 is 1.89 bits per heavy atom. The molecule has 3 fully saturated rings. The first-order valence-corrected chi connectivity index (χ1v) is 15.1. The van der Waals surface area contributed by atoms with Crippen molar-refractivity contribution in [2.75, 3.05) is 26.3 Å². The first-order chi connectivity index (χ1) is 18.0. The Morgan fingerprint density at radius 3 is 2.62 bits per heavy atom. The van der Waals surface area contributed by atoms with Crippen LogP contribution in [0.4, 0.5) is 0 Å². The van der Waals surface area contributed by atoms with Crippen molar-refractivity contribution in [2.24, 2.45) is 5.41 Å². The molecule has 2 saturated heterocycles. The van der Waals surface area contributed by atoms with Crippen molar-refractivity contribution in [3.05, 3.63) is 39.7 Å². The largest absolute Gasteiger partial charge is 0.380 e. The Labute approximate surface area is 222 Å². The van der Waals surface area contributed by atoms with Crippen molar-refractivity contribution in [2.45, 2.75) is 83.6 Å². The number of aromatic nitrogens is 4. The third-order valence-electron chi connectivity index (χ3n) is 9.92. The number of nitrogens with zero attached hydrogens (tertiary/aromatic N) is 4. The molecule has 6 heterocycles. The molecule has 194 valence electrons. The summed E-state index contributed by atoms with van der Waals surface area (Å²) in [4.78, 5) is 14.3. The van der Waals surface area contributed by atoms with Crippen molar-refractivity contribution >= 4 is 27.2 Å². The van der Waals surface area contributed by atoms with Crippen LogP contribution in [0.3, 0.4) is 0 Å². The number of H-pyrrole nitrogens is 1. The minimum absolute atomic E-state index is 0.457. The van der Waals surface area contributed by atoms with Crippen LogP contribution in [0.15, 0.2) is 12.5 Å². The van der Waals surface area contributed by atoms with Gasteiger partial charge in [-0.3, -0.25) is 4.90 Å². The van der Waals surface area contributed by atoms with Gasteiger partial charge in [0.15, 0.2) is 5.65 Å². The van der Waals surface area contributed by atoms with Gasteiger partial charge in [-0.05, 0) is 80.4 Å². The summed E-state index contributed by atoms with van der Waals surface area (Å²) in [6.07, 6.45) is 12.7. The maximum absolute atomic E-state index is 5.49. The van der Waals surface area contributed by atoms with Crippen LogP contribution in [-0.4, -0.2) is 56.8 Å². The number of likely N-dealkylation sites (tertiary alicyclic amines) is 1. The molecule has 1 N–H and O–H groups in total. The van der Waals surface area contributed by atoms with Crippen LogP contribution in [0.2, 0.25) is 0 Å². The molecule has 7 heteroatoms. The van der Waals surface area contributed by atoms with Crippen molar-refractivity contribution in [1.29, 1.82) is 0 Å². The van der Waals surface area contributed by atoms with Crippen LogP contribution < -0.4 is 0 Å². The van der Waals surface area contributed by atoms with Crippen molar-refractivity contribution in [3.8, 4) is 11.3 Å². The average molecular weight is 516 g/mol. The van der Waals surface area contributed by atoms with E-state index in [9.17, 15) is 0 Å². The van der Waals surface area contributed by atoms with E-state index in [0.29, 0.717) is 17.3 Å². The van der Waals surface area contributed by atoms with E-state index in [4.69, 9.17) is 4.74 Å². The maximum atomic E-state index is 5.49. The lowest BCUT2D eigenvalue weighted by Crippen LogP contribution is -2.68. The SMILES string of the molecule is Cc1c(C2CCC(N3CC4(COC4)C3)CC2)sc2[nH]c(-c3cn4ncnc4c4c3CCC4)c(C(C)C)c12. The molecule has 2 aliphatic carbocycles. The molecular weight excluding hydrogens is 478 g/mol. The smallest absolute Gasteiger partial charge is 0.158 e. The van der Waals surface area contributed by atoms with Crippen LogP contribution in [-0.2, 0) is 17.6 Å². The van der Waals surface area contributed by atoms with Gasteiger partial charge in [0.25, 0.3) is 0 Å². The summed E-state index contributed by atoms with van der Waals surface area (Å²) in [5.41, 5.74) is 10.1. The normalized spacial score (nSPS) is 25.3. The number of aryl methyl sites for hydroxylation is 2. The fraction of sp³-hybridized carbons (Fsp3) is 0.600. The Balaban J connectivity index is 1.12. The maximum Gasteiger partial charge on any atom is 0.158 e. The predicted octanol–water partition coefficient (Wildman–Crippen LogP) is 6.22. The van der Waals surface area contributed by atoms with E-state index in [1.807, 2.05) is 15.9 Å². The van der Waals surface area contributed by atoms with Gasteiger partial charge in [0.1, 0.15) is 11.2 Å². The molecule has 6 nitrogen and oxygen atoms in total. The molecule has 0 unspecified atom stereocenters. The number of hydrogen-bond acceptors (Lipinski definition) is 5. The highest BCUT2D eigenvalue weighted by Gasteiger charge is 2.51. The number of thiophene rings is 1. The van der Waals surface area contributed by atoms with Gasteiger partial charge in [0.05, 0.1) is 18.9 Å². The zero-order chi connectivity index (χ0) is 24.9. The topological polar surface area (TPSA) is 58.5 Å². The molecule has 4 aliphatic rings. The molecule has 0 radical (unpaired) electrons. The summed E-state index contributed by atoms with van der Waals surface area (Å²) in [6.45, 7) is 11.6. The summed E-state index contributed by atoms with van der Waals surface area (Å²) in [5.74, 6) is 1.17. The summed E-state index contributed by atoms with van der Waals surface area (Å²) < 4.78 is 7.48. The van der Waals surface area contributed by atoms with Crippen LogP contribution in [0, 0.1) is 12.3 Å². The standard InChI is InChI=1S/C30H37N5OS/c1-17(2)24-25-18(3)27(19-7-9-20(10-8-19)34-12-30(13-34)14-36-15-30)37-29(25)33-26(24)23-11-35-28(31-16-32-35)22-6-4-5-21(22)23/h11,16-17,19-20,33H,4-10,12-15H2,1-3H3. The second kappa shape index (κ2) is 8.14. The van der Waals surface area contributed by atoms with E-state index in [0.717, 1.165) is 37.7 Å². The highest BCUT2D eigenvalue weighted by molar-refractivity contribution is 7.19. The molecule has 8 rings (SSSR count). The van der Waals surface area contributed by atoms with Crippen LogP contribution >= 0.6 is 11.3 Å². The first-order valence-electron chi connectivity index (χ1n) is 14.3. The van der Waals surface area contributed by atoms with Crippen molar-refractivity contribution < 1.29 is 4.74 Å². The third-order valence-corrected chi connectivity index (χ3v) is 11.3. The Morgan fingerprint density at radius 1 is 1.11 bits per heavy atom. The predicted molar refractivity (Wildman–Crippen MR) is 149 cm³/mol. The number of hydrogen-bond donors (Lipinski definition) is 1.